The third-order valence-electron chi connectivity index (χ3n) is 6.51. The molecule has 0 amide bonds. The average molecular weight is 728 g/mol. The van der Waals surface area contributed by atoms with Crippen molar-refractivity contribution in [3.63, 3.8) is 0 Å². The Bertz CT molecular complexity index is 1640. The summed E-state index contributed by atoms with van der Waals surface area (Å²) in [4.78, 5) is 13.3. The number of aromatic nitrogens is 2. The number of benzene rings is 2. The molecule has 1 saturated heterocycles. The normalized spacial score (nSPS) is 21.5. The predicted molar refractivity (Wildman–Crippen MR) is 149 cm³/mol. The third-order valence-corrected chi connectivity index (χ3v) is 12.5. The second-order valence-corrected chi connectivity index (χ2v) is 16.4. The minimum absolute atomic E-state index is 0.00389. The van der Waals surface area contributed by atoms with Gasteiger partial charge in [0, 0.05) is 0 Å². The summed E-state index contributed by atoms with van der Waals surface area (Å²) in [6.45, 7) is 2.42. The van der Waals surface area contributed by atoms with Gasteiger partial charge in [0.05, 0.1) is 0 Å². The van der Waals surface area contributed by atoms with Gasteiger partial charge in [-0.2, -0.15) is 0 Å². The average Bonchev–Trinajstić information content (AvgIpc) is 3.33. The fourth-order valence-corrected chi connectivity index (χ4v) is 10.1. The molecule has 1 fully saturated rings. The van der Waals surface area contributed by atoms with Gasteiger partial charge in [0.1, 0.15) is 0 Å². The Morgan fingerprint density at radius 3 is 2.89 bits per heavy atom. The van der Waals surface area contributed by atoms with Gasteiger partial charge in [-0.05, 0) is 0 Å². The number of nitrogens with zero attached hydrogens (tertiary/aromatic N) is 4. The van der Waals surface area contributed by atoms with Gasteiger partial charge in [-0.3, -0.25) is 0 Å². The third kappa shape index (κ3) is 5.53. The van der Waals surface area contributed by atoms with Crippen molar-refractivity contribution in [2.75, 3.05) is 17.5 Å². The minimum atomic E-state index is -1.56. The zero-order valence-electron chi connectivity index (χ0n) is 20.3. The number of aliphatic imine (C=N–C) groups is 1. The van der Waals surface area contributed by atoms with E-state index in [1.54, 1.807) is 6.07 Å². The van der Waals surface area contributed by atoms with Crippen LogP contribution in [0.25, 0.3) is 23.3 Å². The molecule has 1 aromatic heterocycles. The Kier molecular flexibility index (Phi) is 8.10. The van der Waals surface area contributed by atoms with E-state index in [2.05, 4.69) is 39.1 Å². The van der Waals surface area contributed by atoms with Crippen LogP contribution in [0, 0.1) is 15.2 Å². The van der Waals surface area contributed by atoms with Crippen LogP contribution in [0.4, 0.5) is 14.6 Å². The second-order valence-electron chi connectivity index (χ2n) is 9.00. The first kappa shape index (κ1) is 26.5. The molecule has 0 spiro atoms. The molecule has 3 heterocycles. The predicted octanol–water partition coefficient (Wildman–Crippen LogP) is 2.16. The molecule has 0 saturated carbocycles. The van der Waals surface area contributed by atoms with Crippen LogP contribution in [0.15, 0.2) is 40.5 Å². The molecular weight excluding hydrogens is 704 g/mol. The Balaban J connectivity index is 1.80. The maximum atomic E-state index is 15.0. The van der Waals surface area contributed by atoms with E-state index < -0.39 is 35.0 Å². The van der Waals surface area contributed by atoms with Crippen molar-refractivity contribution >= 4 is 79.3 Å². The Labute approximate surface area is 230 Å². The molecule has 5 rings (SSSR count). The summed E-state index contributed by atoms with van der Waals surface area (Å²) in [5.41, 5.74) is 1.76. The molecule has 6 nitrogen and oxygen atoms in total. The summed E-state index contributed by atoms with van der Waals surface area (Å²) in [7, 11) is 1.16. The van der Waals surface area contributed by atoms with E-state index >= 15 is 4.39 Å². The van der Waals surface area contributed by atoms with Crippen molar-refractivity contribution in [3.8, 4) is 9.40 Å². The second kappa shape index (κ2) is 11.3. The van der Waals surface area contributed by atoms with E-state index in [1.807, 2.05) is 29.8 Å². The SMILES string of the molecule is CC1=N/C=c2/c(nc(S(C)=O)n/c2=C\F)N(P)CC2CC[CH](N2)[Tl][C]#Cc2c(F)ccc3cccc1c23. The monoisotopic (exact) mass is 728 g/mol. The van der Waals surface area contributed by atoms with E-state index in [9.17, 15) is 8.60 Å². The number of fused-ring (bicyclic) bond motifs is 3. The van der Waals surface area contributed by atoms with Gasteiger partial charge in [0.25, 0.3) is 0 Å². The fourth-order valence-electron chi connectivity index (χ4n) is 4.68. The van der Waals surface area contributed by atoms with Crippen LogP contribution >= 0.6 is 9.39 Å². The number of anilines is 1. The molecule has 11 heteroatoms. The van der Waals surface area contributed by atoms with Gasteiger partial charge in [0.15, 0.2) is 0 Å². The molecule has 187 valence electrons. The van der Waals surface area contributed by atoms with E-state index in [1.165, 1.54) is 18.5 Å². The molecule has 4 atom stereocenters. The molecular formula is C26H24F2N5OPSTl. The zero-order chi connectivity index (χ0) is 26.1. The van der Waals surface area contributed by atoms with Gasteiger partial charge in [0.2, 0.25) is 0 Å². The standard InChI is InChI=1S/C26H24F2N5OPS.Tl/c1-4-19-22(28)11-10-17-7-5-9-20(24(17)19)16(2)30-14-21-23(13-27)31-26(36(3)34)32-25(21)33(35)15-18-8-6-12-29-18;/h5,7,9-14,18,29H,6,8,15,35H2,2-3H3;/b21-14+,23-13-,30-16?;. The number of hydrogen-bond acceptors (Lipinski definition) is 6. The van der Waals surface area contributed by atoms with Crippen molar-refractivity contribution in [2.24, 2.45) is 4.99 Å². The molecule has 37 heavy (non-hydrogen) atoms. The summed E-state index contributed by atoms with van der Waals surface area (Å²) in [5, 5.41) is 5.71. The topological polar surface area (TPSA) is 70.5 Å². The van der Waals surface area contributed by atoms with Crippen LogP contribution in [0.2, 0.25) is 0 Å². The summed E-state index contributed by atoms with van der Waals surface area (Å²) < 4.78 is 47.0. The molecule has 4 unspecified atom stereocenters. The number of halogens is 2. The van der Waals surface area contributed by atoms with E-state index in [4.69, 9.17) is 0 Å². The quantitative estimate of drug-likeness (QED) is 0.180. The Morgan fingerprint density at radius 1 is 1.27 bits per heavy atom. The van der Waals surface area contributed by atoms with Crippen LogP contribution in [0.3, 0.4) is 0 Å². The Morgan fingerprint density at radius 2 is 2.11 bits per heavy atom. The first-order chi connectivity index (χ1) is 17.9. The zero-order valence-corrected chi connectivity index (χ0v) is 26.8. The summed E-state index contributed by atoms with van der Waals surface area (Å²) >= 11 is -1.56. The van der Waals surface area contributed by atoms with E-state index in [-0.39, 0.29) is 22.4 Å². The number of hydrogen-bond donors (Lipinski definition) is 1. The van der Waals surface area contributed by atoms with Gasteiger partial charge < -0.3 is 0 Å². The van der Waals surface area contributed by atoms with Gasteiger partial charge in [-0.25, -0.2) is 0 Å². The van der Waals surface area contributed by atoms with Gasteiger partial charge in [-0.15, -0.1) is 0 Å². The summed E-state index contributed by atoms with van der Waals surface area (Å²) in [5.74, 6) is 3.26. The molecule has 0 aliphatic carbocycles. The van der Waals surface area contributed by atoms with Crippen LogP contribution in [0.5, 0.6) is 0 Å². The van der Waals surface area contributed by atoms with Crippen molar-refractivity contribution in [1.29, 1.82) is 0 Å². The molecule has 1 N–H and O–H groups in total. The van der Waals surface area contributed by atoms with Crippen LogP contribution < -0.4 is 20.6 Å². The molecule has 2 aliphatic heterocycles. The first-order valence-corrected chi connectivity index (χ1v) is 18.7. The van der Waals surface area contributed by atoms with E-state index in [0.29, 0.717) is 38.8 Å². The fraction of sp³-hybridized carbons (Fsp3) is 0.269. The molecule has 2 aliphatic rings. The molecule has 0 radical (unpaired) electrons. The number of rotatable bonds is 1. The van der Waals surface area contributed by atoms with Gasteiger partial charge >= 0.3 is 232 Å². The van der Waals surface area contributed by atoms with Crippen molar-refractivity contribution < 1.29 is 13.0 Å². The van der Waals surface area contributed by atoms with Crippen LogP contribution in [0.1, 0.15) is 30.9 Å². The van der Waals surface area contributed by atoms with Crippen LogP contribution in [-0.4, -0.2) is 66.6 Å². The van der Waals surface area contributed by atoms with Crippen molar-refractivity contribution in [3.05, 3.63) is 57.8 Å². The maximum absolute atomic E-state index is 15.0. The van der Waals surface area contributed by atoms with E-state index in [0.717, 1.165) is 29.2 Å². The first-order valence-electron chi connectivity index (χ1n) is 11.8. The summed E-state index contributed by atoms with van der Waals surface area (Å²) in [6, 6.07) is 9.13. The van der Waals surface area contributed by atoms with Crippen molar-refractivity contribution in [2.45, 2.75) is 34.6 Å². The Hall–Kier alpha value is -2.13. The van der Waals surface area contributed by atoms with Crippen LogP contribution in [-0.2, 0) is 10.8 Å². The molecule has 2 aromatic carbocycles. The van der Waals surface area contributed by atoms with Crippen molar-refractivity contribution in [1.82, 2.24) is 15.3 Å². The molecule has 3 aromatic rings. The number of nitrogens with one attached hydrogen (secondary N) is 1. The summed E-state index contributed by atoms with van der Waals surface area (Å²) in [6.07, 6.45) is 5.36. The molecule has 2 bridgehead atoms. The van der Waals surface area contributed by atoms with Gasteiger partial charge in [-0.1, -0.05) is 0 Å².